The molecule has 0 saturated heterocycles. The van der Waals surface area contributed by atoms with E-state index in [2.05, 4.69) is 0 Å². The van der Waals surface area contributed by atoms with Gasteiger partial charge in [0.2, 0.25) is 0 Å². The first-order chi connectivity index (χ1) is 8.86. The number of carbonyl (C=O) groups excluding carboxylic acids is 1. The van der Waals surface area contributed by atoms with Crippen molar-refractivity contribution in [3.63, 3.8) is 0 Å². The van der Waals surface area contributed by atoms with E-state index in [1.807, 2.05) is 20.8 Å². The Bertz CT molecular complexity index is 486. The zero-order chi connectivity index (χ0) is 14.6. The van der Waals surface area contributed by atoms with Crippen LogP contribution in [0, 0.1) is 16.0 Å². The summed E-state index contributed by atoms with van der Waals surface area (Å²) < 4.78 is 0. The third-order valence-electron chi connectivity index (χ3n) is 2.73. The SMILES string of the molecule is CCN(CC(C)C)C(=O)c1ccc(N)c([N+](=O)[O-])c1. The molecular formula is C13H19N3O3. The molecule has 1 amide bonds. The first-order valence-corrected chi connectivity index (χ1v) is 6.20. The van der Waals surface area contributed by atoms with Crippen molar-refractivity contribution in [2.24, 2.45) is 5.92 Å². The summed E-state index contributed by atoms with van der Waals surface area (Å²) in [6, 6.07) is 4.16. The van der Waals surface area contributed by atoms with E-state index in [9.17, 15) is 14.9 Å². The number of nitro benzene ring substituents is 1. The van der Waals surface area contributed by atoms with Gasteiger partial charge < -0.3 is 10.6 Å². The minimum atomic E-state index is -0.579. The van der Waals surface area contributed by atoms with Crippen molar-refractivity contribution >= 4 is 17.3 Å². The second-order valence-corrected chi connectivity index (χ2v) is 4.77. The van der Waals surface area contributed by atoms with Crippen molar-refractivity contribution in [2.75, 3.05) is 18.8 Å². The Morgan fingerprint density at radius 3 is 2.58 bits per heavy atom. The Kier molecular flexibility index (Phi) is 4.86. The molecule has 0 spiro atoms. The van der Waals surface area contributed by atoms with Crippen LogP contribution in [0.5, 0.6) is 0 Å². The Morgan fingerprint density at radius 2 is 2.11 bits per heavy atom. The standard InChI is InChI=1S/C13H19N3O3/c1-4-15(8-9(2)3)13(17)10-5-6-11(14)12(7-10)16(18)19/h5-7,9H,4,8,14H2,1-3H3. The predicted molar refractivity (Wildman–Crippen MR) is 73.9 cm³/mol. The number of nitrogens with two attached hydrogens (primary N) is 1. The van der Waals surface area contributed by atoms with Crippen LogP contribution in [0.25, 0.3) is 0 Å². The number of hydrogen-bond acceptors (Lipinski definition) is 4. The van der Waals surface area contributed by atoms with Gasteiger partial charge in [-0.3, -0.25) is 14.9 Å². The lowest BCUT2D eigenvalue weighted by Gasteiger charge is -2.23. The summed E-state index contributed by atoms with van der Waals surface area (Å²) in [5, 5.41) is 10.8. The lowest BCUT2D eigenvalue weighted by atomic mass is 10.1. The maximum atomic E-state index is 12.3. The van der Waals surface area contributed by atoms with Crippen molar-refractivity contribution in [1.29, 1.82) is 0 Å². The highest BCUT2D eigenvalue weighted by molar-refractivity contribution is 5.95. The molecule has 0 bridgehead atoms. The molecule has 19 heavy (non-hydrogen) atoms. The molecular weight excluding hydrogens is 246 g/mol. The average molecular weight is 265 g/mol. The number of amides is 1. The van der Waals surface area contributed by atoms with Crippen LogP contribution in [0.15, 0.2) is 18.2 Å². The van der Waals surface area contributed by atoms with Crippen LogP contribution < -0.4 is 5.73 Å². The number of carbonyl (C=O) groups is 1. The van der Waals surface area contributed by atoms with Gasteiger partial charge in [0.15, 0.2) is 0 Å². The van der Waals surface area contributed by atoms with Crippen molar-refractivity contribution in [2.45, 2.75) is 20.8 Å². The van der Waals surface area contributed by atoms with Crippen LogP contribution in [0.4, 0.5) is 11.4 Å². The molecule has 1 aromatic carbocycles. The molecule has 1 rings (SSSR count). The molecule has 6 heteroatoms. The Hall–Kier alpha value is -2.11. The van der Waals surface area contributed by atoms with Crippen molar-refractivity contribution in [1.82, 2.24) is 4.90 Å². The molecule has 1 aromatic rings. The monoisotopic (exact) mass is 265 g/mol. The molecule has 0 atom stereocenters. The van der Waals surface area contributed by atoms with Gasteiger partial charge in [0.1, 0.15) is 5.69 Å². The molecule has 0 fully saturated rings. The summed E-state index contributed by atoms with van der Waals surface area (Å²) >= 11 is 0. The van der Waals surface area contributed by atoms with E-state index >= 15 is 0 Å². The molecule has 0 saturated carbocycles. The summed E-state index contributed by atoms with van der Waals surface area (Å²) in [7, 11) is 0. The highest BCUT2D eigenvalue weighted by Gasteiger charge is 2.19. The smallest absolute Gasteiger partial charge is 0.292 e. The van der Waals surface area contributed by atoms with Gasteiger partial charge in [0, 0.05) is 24.7 Å². The molecule has 104 valence electrons. The van der Waals surface area contributed by atoms with Crippen molar-refractivity contribution in [3.8, 4) is 0 Å². The summed E-state index contributed by atoms with van der Waals surface area (Å²) in [6.45, 7) is 7.09. The number of nitro groups is 1. The second kappa shape index (κ2) is 6.17. The zero-order valence-corrected chi connectivity index (χ0v) is 11.4. The summed E-state index contributed by atoms with van der Waals surface area (Å²) in [4.78, 5) is 24.2. The largest absolute Gasteiger partial charge is 0.393 e. The van der Waals surface area contributed by atoms with Gasteiger partial charge in [0.05, 0.1) is 4.92 Å². The predicted octanol–water partition coefficient (Wildman–Crippen LogP) is 2.30. The van der Waals surface area contributed by atoms with Crippen LogP contribution in [-0.4, -0.2) is 28.8 Å². The zero-order valence-electron chi connectivity index (χ0n) is 11.4. The van der Waals surface area contributed by atoms with E-state index in [1.165, 1.54) is 18.2 Å². The van der Waals surface area contributed by atoms with E-state index in [1.54, 1.807) is 4.90 Å². The van der Waals surface area contributed by atoms with Gasteiger partial charge in [-0.2, -0.15) is 0 Å². The van der Waals surface area contributed by atoms with E-state index in [-0.39, 0.29) is 17.3 Å². The Labute approximate surface area is 112 Å². The van der Waals surface area contributed by atoms with Crippen LogP contribution in [0.3, 0.4) is 0 Å². The molecule has 0 aromatic heterocycles. The molecule has 6 nitrogen and oxygen atoms in total. The number of hydrogen-bond donors (Lipinski definition) is 1. The topological polar surface area (TPSA) is 89.5 Å². The Morgan fingerprint density at radius 1 is 1.47 bits per heavy atom. The number of benzene rings is 1. The lowest BCUT2D eigenvalue weighted by Crippen LogP contribution is -2.34. The molecule has 0 aliphatic heterocycles. The third kappa shape index (κ3) is 3.67. The van der Waals surface area contributed by atoms with Crippen molar-refractivity contribution in [3.05, 3.63) is 33.9 Å². The van der Waals surface area contributed by atoms with Gasteiger partial charge in [-0.25, -0.2) is 0 Å². The normalized spacial score (nSPS) is 10.5. The number of nitrogens with zero attached hydrogens (tertiary/aromatic N) is 2. The fourth-order valence-corrected chi connectivity index (χ4v) is 1.81. The molecule has 0 heterocycles. The Balaban J connectivity index is 3.05. The first kappa shape index (κ1) is 14.9. The van der Waals surface area contributed by atoms with Gasteiger partial charge in [-0.1, -0.05) is 13.8 Å². The fourth-order valence-electron chi connectivity index (χ4n) is 1.81. The van der Waals surface area contributed by atoms with Crippen LogP contribution in [0.2, 0.25) is 0 Å². The minimum Gasteiger partial charge on any atom is -0.393 e. The highest BCUT2D eigenvalue weighted by atomic mass is 16.6. The van der Waals surface area contributed by atoms with Gasteiger partial charge in [-0.05, 0) is 25.0 Å². The van der Waals surface area contributed by atoms with Crippen molar-refractivity contribution < 1.29 is 9.72 Å². The van der Waals surface area contributed by atoms with E-state index < -0.39 is 4.92 Å². The van der Waals surface area contributed by atoms with E-state index in [4.69, 9.17) is 5.73 Å². The average Bonchev–Trinajstić information content (AvgIpc) is 2.35. The molecule has 0 aliphatic carbocycles. The second-order valence-electron chi connectivity index (χ2n) is 4.77. The molecule has 0 unspecified atom stereocenters. The quantitative estimate of drug-likeness (QED) is 0.502. The summed E-state index contributed by atoms with van der Waals surface area (Å²) in [5.74, 6) is 0.131. The van der Waals surface area contributed by atoms with E-state index in [0.717, 1.165) is 0 Å². The number of rotatable bonds is 5. The lowest BCUT2D eigenvalue weighted by molar-refractivity contribution is -0.383. The fraction of sp³-hybridized carbons (Fsp3) is 0.462. The number of anilines is 1. The minimum absolute atomic E-state index is 0.0634. The maximum absolute atomic E-state index is 12.3. The van der Waals surface area contributed by atoms with Gasteiger partial charge in [0.25, 0.3) is 11.6 Å². The number of nitrogen functional groups attached to an aromatic ring is 1. The van der Waals surface area contributed by atoms with Gasteiger partial charge in [-0.15, -0.1) is 0 Å². The summed E-state index contributed by atoms with van der Waals surface area (Å²) in [5.41, 5.74) is 5.64. The van der Waals surface area contributed by atoms with Gasteiger partial charge >= 0.3 is 0 Å². The summed E-state index contributed by atoms with van der Waals surface area (Å²) in [6.07, 6.45) is 0. The van der Waals surface area contributed by atoms with Crippen LogP contribution in [-0.2, 0) is 0 Å². The van der Waals surface area contributed by atoms with E-state index in [0.29, 0.717) is 24.6 Å². The molecule has 2 N–H and O–H groups in total. The first-order valence-electron chi connectivity index (χ1n) is 6.20. The maximum Gasteiger partial charge on any atom is 0.292 e. The molecule has 0 aliphatic rings. The van der Waals surface area contributed by atoms with Crippen LogP contribution in [0.1, 0.15) is 31.1 Å². The van der Waals surface area contributed by atoms with Crippen LogP contribution >= 0.6 is 0 Å². The molecule has 0 radical (unpaired) electrons. The highest BCUT2D eigenvalue weighted by Crippen LogP contribution is 2.23. The third-order valence-corrected chi connectivity index (χ3v) is 2.73.